The molecule has 0 aromatic carbocycles. The van der Waals surface area contributed by atoms with Crippen molar-refractivity contribution < 1.29 is 3.89 Å². The molecule has 3 heteroatoms. The van der Waals surface area contributed by atoms with Gasteiger partial charge in [-0.1, -0.05) is 24.3 Å². The highest BCUT2D eigenvalue weighted by atomic mass is 32.3. The van der Waals surface area contributed by atoms with E-state index in [0.29, 0.717) is 0 Å². The molecule has 0 saturated heterocycles. The van der Waals surface area contributed by atoms with Gasteiger partial charge in [-0.25, -0.2) is 0 Å². The minimum absolute atomic E-state index is 0.0995. The molecular weight excluding hydrogens is 161 g/mol. The van der Waals surface area contributed by atoms with E-state index < -0.39 is 10.4 Å². The molecule has 2 atom stereocenters. The molecule has 0 spiro atoms. The first-order valence-corrected chi connectivity index (χ1v) is 6.16. The van der Waals surface area contributed by atoms with Crippen LogP contribution in [0.15, 0.2) is 0 Å². The van der Waals surface area contributed by atoms with Crippen molar-refractivity contribution in [3.05, 3.63) is 0 Å². The molecular formula is C8H16FNS. The molecule has 1 nitrogen and oxygen atoms in total. The Hall–Kier alpha value is -0.230. The largest absolute Gasteiger partial charge is 0.198 e. The normalized spacial score (nSPS) is 18.5. The second-order valence-electron chi connectivity index (χ2n) is 3.13. The van der Waals surface area contributed by atoms with Crippen molar-refractivity contribution in [1.29, 1.82) is 5.26 Å². The molecule has 2 unspecified atom stereocenters. The topological polar surface area (TPSA) is 23.8 Å². The van der Waals surface area contributed by atoms with Crippen LogP contribution in [0.1, 0.15) is 20.3 Å². The smallest absolute Gasteiger partial charge is 0.0667 e. The molecule has 0 saturated carbocycles. The summed E-state index contributed by atoms with van der Waals surface area (Å²) in [6.45, 7) is 3.75. The molecule has 0 amide bonds. The first-order chi connectivity index (χ1) is 4.93. The van der Waals surface area contributed by atoms with Crippen LogP contribution in [0.4, 0.5) is 3.89 Å². The third kappa shape index (κ3) is 3.11. The Balaban J connectivity index is 4.24. The van der Waals surface area contributed by atoms with E-state index in [0.717, 1.165) is 6.42 Å². The number of halogens is 1. The summed E-state index contributed by atoms with van der Waals surface area (Å²) in [5, 5.41) is 8.56. The fourth-order valence-electron chi connectivity index (χ4n) is 0.919. The van der Waals surface area contributed by atoms with Gasteiger partial charge >= 0.3 is 0 Å². The van der Waals surface area contributed by atoms with Gasteiger partial charge in [-0.3, -0.25) is 0 Å². The Morgan fingerprint density at radius 1 is 1.55 bits per heavy atom. The predicted molar refractivity (Wildman–Crippen MR) is 49.4 cm³/mol. The van der Waals surface area contributed by atoms with E-state index in [9.17, 15) is 3.89 Å². The fourth-order valence-corrected chi connectivity index (χ4v) is 1.95. The summed E-state index contributed by atoms with van der Waals surface area (Å²) in [6.07, 6.45) is 3.97. The van der Waals surface area contributed by atoms with Crippen molar-refractivity contribution in [3.63, 3.8) is 0 Å². The average molecular weight is 177 g/mol. The van der Waals surface area contributed by atoms with Gasteiger partial charge in [0.15, 0.2) is 0 Å². The second-order valence-corrected chi connectivity index (χ2v) is 6.42. The molecule has 0 aromatic heterocycles. The van der Waals surface area contributed by atoms with Gasteiger partial charge in [0.05, 0.1) is 12.0 Å². The lowest BCUT2D eigenvalue weighted by molar-refractivity contribution is 0.615. The highest BCUT2D eigenvalue weighted by molar-refractivity contribution is 8.28. The third-order valence-electron chi connectivity index (χ3n) is 2.06. The van der Waals surface area contributed by atoms with Crippen LogP contribution in [0, 0.1) is 17.2 Å². The highest BCUT2D eigenvalue weighted by Gasteiger charge is 2.26. The summed E-state index contributed by atoms with van der Waals surface area (Å²) in [7, 11) is -2.05. The molecule has 0 fully saturated rings. The SMILES string of the molecule is CCC(C#N)C(C)S(C)(C)F. The quantitative estimate of drug-likeness (QED) is 0.650. The summed E-state index contributed by atoms with van der Waals surface area (Å²) < 4.78 is 13.3. The van der Waals surface area contributed by atoms with E-state index in [1.54, 1.807) is 12.5 Å². The lowest BCUT2D eigenvalue weighted by Gasteiger charge is -2.30. The zero-order valence-electron chi connectivity index (χ0n) is 7.60. The summed E-state index contributed by atoms with van der Waals surface area (Å²) in [5.74, 6) is -0.120. The van der Waals surface area contributed by atoms with Gasteiger partial charge in [0.2, 0.25) is 0 Å². The van der Waals surface area contributed by atoms with E-state index in [1.165, 1.54) is 0 Å². The second kappa shape index (κ2) is 3.96. The zero-order valence-corrected chi connectivity index (χ0v) is 8.41. The van der Waals surface area contributed by atoms with Crippen LogP contribution in [0.5, 0.6) is 0 Å². The first-order valence-electron chi connectivity index (χ1n) is 3.74. The number of nitrogens with zero attached hydrogens (tertiary/aromatic N) is 1. The molecule has 0 rings (SSSR count). The van der Waals surface area contributed by atoms with Crippen molar-refractivity contribution in [2.75, 3.05) is 12.5 Å². The summed E-state index contributed by atoms with van der Waals surface area (Å²) in [6, 6.07) is 2.14. The van der Waals surface area contributed by atoms with Crippen LogP contribution in [0.3, 0.4) is 0 Å². The van der Waals surface area contributed by atoms with Crippen molar-refractivity contribution in [1.82, 2.24) is 0 Å². The molecule has 66 valence electrons. The van der Waals surface area contributed by atoms with Crippen molar-refractivity contribution >= 4 is 10.4 Å². The Kier molecular flexibility index (Phi) is 3.88. The summed E-state index contributed by atoms with van der Waals surface area (Å²) >= 11 is 0. The van der Waals surface area contributed by atoms with Crippen LogP contribution in [-0.2, 0) is 0 Å². The lowest BCUT2D eigenvalue weighted by atomic mass is 10.1. The van der Waals surface area contributed by atoms with E-state index in [-0.39, 0.29) is 11.2 Å². The summed E-state index contributed by atoms with van der Waals surface area (Å²) in [5.41, 5.74) is 0. The maximum Gasteiger partial charge on any atom is 0.0667 e. The molecule has 0 aliphatic heterocycles. The maximum absolute atomic E-state index is 13.3. The minimum Gasteiger partial charge on any atom is -0.198 e. The van der Waals surface area contributed by atoms with Crippen molar-refractivity contribution in [2.45, 2.75) is 25.5 Å². The Morgan fingerprint density at radius 3 is 2.09 bits per heavy atom. The van der Waals surface area contributed by atoms with E-state index in [4.69, 9.17) is 5.26 Å². The predicted octanol–water partition coefficient (Wildman–Crippen LogP) is 2.87. The lowest BCUT2D eigenvalue weighted by Crippen LogP contribution is -2.18. The Morgan fingerprint density at radius 2 is 2.00 bits per heavy atom. The van der Waals surface area contributed by atoms with Crippen LogP contribution >= 0.6 is 10.4 Å². The molecule has 0 heterocycles. The number of rotatable bonds is 3. The van der Waals surface area contributed by atoms with E-state index in [1.807, 2.05) is 13.8 Å². The monoisotopic (exact) mass is 177 g/mol. The average Bonchev–Trinajstić information content (AvgIpc) is 1.88. The van der Waals surface area contributed by atoms with Gasteiger partial charge in [-0.2, -0.15) is 9.15 Å². The molecule has 0 aliphatic rings. The van der Waals surface area contributed by atoms with Gasteiger partial charge < -0.3 is 0 Å². The van der Waals surface area contributed by atoms with Crippen LogP contribution in [-0.4, -0.2) is 17.8 Å². The van der Waals surface area contributed by atoms with E-state index >= 15 is 0 Å². The minimum atomic E-state index is -2.05. The standard InChI is InChI=1S/C8H16FNS/c1-5-8(6-10)7(2)11(3,4)9/h7-8H,5H2,1-4H3. The third-order valence-corrected chi connectivity index (χ3v) is 4.15. The number of hydrogen-bond donors (Lipinski definition) is 0. The molecule has 0 aliphatic carbocycles. The molecule has 0 N–H and O–H groups in total. The Labute approximate surface area is 70.2 Å². The van der Waals surface area contributed by atoms with Gasteiger partial charge in [0.1, 0.15) is 0 Å². The fraction of sp³-hybridized carbons (Fsp3) is 0.875. The van der Waals surface area contributed by atoms with Gasteiger partial charge in [0, 0.05) is 5.25 Å². The summed E-state index contributed by atoms with van der Waals surface area (Å²) in [4.78, 5) is 0. The first kappa shape index (κ1) is 10.8. The Bertz CT molecular complexity index is 156. The maximum atomic E-state index is 13.3. The zero-order chi connectivity index (χ0) is 9.07. The molecule has 0 radical (unpaired) electrons. The van der Waals surface area contributed by atoms with Crippen LogP contribution < -0.4 is 0 Å². The van der Waals surface area contributed by atoms with Crippen molar-refractivity contribution in [2.24, 2.45) is 5.92 Å². The molecule has 0 bridgehead atoms. The number of hydrogen-bond acceptors (Lipinski definition) is 1. The van der Waals surface area contributed by atoms with Gasteiger partial charge in [0.25, 0.3) is 0 Å². The van der Waals surface area contributed by atoms with Gasteiger partial charge in [-0.05, 0) is 18.9 Å². The van der Waals surface area contributed by atoms with Crippen LogP contribution in [0.25, 0.3) is 0 Å². The van der Waals surface area contributed by atoms with Crippen LogP contribution in [0.2, 0.25) is 0 Å². The van der Waals surface area contributed by atoms with Crippen molar-refractivity contribution in [3.8, 4) is 6.07 Å². The molecule has 11 heavy (non-hydrogen) atoms. The van der Waals surface area contributed by atoms with E-state index in [2.05, 4.69) is 6.07 Å². The van der Waals surface area contributed by atoms with Gasteiger partial charge in [-0.15, -0.1) is 0 Å². The molecule has 0 aromatic rings. The highest BCUT2D eigenvalue weighted by Crippen LogP contribution is 2.49. The number of nitriles is 1.